The van der Waals surface area contributed by atoms with Crippen molar-refractivity contribution in [3.8, 4) is 0 Å². The fourth-order valence-corrected chi connectivity index (χ4v) is 2.41. The Balaban J connectivity index is 2.21. The molecule has 5 heteroatoms. The Morgan fingerprint density at radius 1 is 1.41 bits per heavy atom. The van der Waals surface area contributed by atoms with Crippen LogP contribution < -0.4 is 4.90 Å². The van der Waals surface area contributed by atoms with Crippen molar-refractivity contribution in [2.24, 2.45) is 11.8 Å². The molecule has 1 fully saturated rings. The van der Waals surface area contributed by atoms with E-state index in [9.17, 15) is 4.79 Å². The topological polar surface area (TPSA) is 66.3 Å². The molecule has 2 heterocycles. The number of carboxylic acid groups (broad SMARTS) is 1. The smallest absolute Gasteiger partial charge is 0.308 e. The van der Waals surface area contributed by atoms with E-state index < -0.39 is 5.97 Å². The summed E-state index contributed by atoms with van der Waals surface area (Å²) in [6.45, 7) is 5.35. The number of carboxylic acids is 1. The Morgan fingerprint density at radius 3 is 2.76 bits per heavy atom. The van der Waals surface area contributed by atoms with Gasteiger partial charge in [0.15, 0.2) is 0 Å². The molecule has 1 N–H and O–H groups in total. The Bertz CT molecular complexity index is 422. The van der Waals surface area contributed by atoms with E-state index in [4.69, 9.17) is 5.11 Å². The van der Waals surface area contributed by atoms with Gasteiger partial charge in [-0.25, -0.2) is 4.98 Å². The van der Waals surface area contributed by atoms with Gasteiger partial charge in [-0.15, -0.1) is 0 Å². The Kier molecular flexibility index (Phi) is 3.26. The van der Waals surface area contributed by atoms with Crippen LogP contribution in [-0.4, -0.2) is 34.1 Å². The molecule has 0 saturated carbocycles. The van der Waals surface area contributed by atoms with E-state index in [1.807, 2.05) is 11.8 Å². The van der Waals surface area contributed by atoms with Crippen LogP contribution in [0.25, 0.3) is 0 Å². The van der Waals surface area contributed by atoms with E-state index in [1.165, 1.54) is 0 Å². The fourth-order valence-electron chi connectivity index (χ4n) is 2.41. The van der Waals surface area contributed by atoms with Crippen molar-refractivity contribution in [1.29, 1.82) is 0 Å². The number of piperidine rings is 1. The standard InChI is InChI=1S/C12H17N3O2/c1-8-5-10(12(16)17)7-15(6-8)11-9(2)13-3-4-14-11/h3-4,8,10H,5-7H2,1-2H3,(H,16,17). The number of aryl methyl sites for hydroxylation is 1. The van der Waals surface area contributed by atoms with Gasteiger partial charge < -0.3 is 10.0 Å². The maximum atomic E-state index is 11.1. The highest BCUT2D eigenvalue weighted by molar-refractivity contribution is 5.71. The third kappa shape index (κ3) is 2.54. The van der Waals surface area contributed by atoms with Gasteiger partial charge in [-0.05, 0) is 19.3 Å². The maximum Gasteiger partial charge on any atom is 0.308 e. The number of carbonyl (C=O) groups is 1. The lowest BCUT2D eigenvalue weighted by Crippen LogP contribution is -2.43. The molecule has 17 heavy (non-hydrogen) atoms. The summed E-state index contributed by atoms with van der Waals surface area (Å²) in [5, 5.41) is 9.13. The van der Waals surface area contributed by atoms with Crippen LogP contribution in [0.15, 0.2) is 12.4 Å². The number of hydrogen-bond acceptors (Lipinski definition) is 4. The third-order valence-corrected chi connectivity index (χ3v) is 3.16. The summed E-state index contributed by atoms with van der Waals surface area (Å²) in [6, 6.07) is 0. The molecule has 0 spiro atoms. The van der Waals surface area contributed by atoms with E-state index in [0.29, 0.717) is 12.5 Å². The molecule has 2 unspecified atom stereocenters. The van der Waals surface area contributed by atoms with E-state index in [1.54, 1.807) is 12.4 Å². The second-order valence-electron chi connectivity index (χ2n) is 4.75. The predicted octanol–water partition coefficient (Wildman–Crippen LogP) is 1.33. The first-order valence-electron chi connectivity index (χ1n) is 5.83. The molecule has 0 amide bonds. The zero-order valence-electron chi connectivity index (χ0n) is 10.1. The molecule has 1 aromatic heterocycles. The molecule has 1 aliphatic rings. The van der Waals surface area contributed by atoms with Gasteiger partial charge in [0.05, 0.1) is 11.6 Å². The van der Waals surface area contributed by atoms with Crippen molar-refractivity contribution in [3.63, 3.8) is 0 Å². The minimum Gasteiger partial charge on any atom is -0.481 e. The fraction of sp³-hybridized carbons (Fsp3) is 0.583. The van der Waals surface area contributed by atoms with Crippen LogP contribution in [0.5, 0.6) is 0 Å². The summed E-state index contributed by atoms with van der Waals surface area (Å²) in [7, 11) is 0. The number of anilines is 1. The maximum absolute atomic E-state index is 11.1. The number of nitrogens with zero attached hydrogens (tertiary/aromatic N) is 3. The number of aromatic nitrogens is 2. The molecule has 0 aliphatic carbocycles. The van der Waals surface area contributed by atoms with Gasteiger partial charge in [0, 0.05) is 25.5 Å². The van der Waals surface area contributed by atoms with Gasteiger partial charge >= 0.3 is 5.97 Å². The molecule has 0 radical (unpaired) electrons. The zero-order chi connectivity index (χ0) is 12.4. The SMILES string of the molecule is Cc1nccnc1N1CC(C)CC(C(=O)O)C1. The average Bonchev–Trinajstić information content (AvgIpc) is 2.28. The molecule has 2 rings (SSSR count). The van der Waals surface area contributed by atoms with Crippen LogP contribution in [0.2, 0.25) is 0 Å². The highest BCUT2D eigenvalue weighted by Crippen LogP contribution is 2.26. The minimum atomic E-state index is -0.719. The van der Waals surface area contributed by atoms with Crippen molar-refractivity contribution in [2.45, 2.75) is 20.3 Å². The van der Waals surface area contributed by atoms with Gasteiger partial charge in [0.1, 0.15) is 5.82 Å². The first-order valence-corrected chi connectivity index (χ1v) is 5.83. The summed E-state index contributed by atoms with van der Waals surface area (Å²) >= 11 is 0. The molecule has 92 valence electrons. The first kappa shape index (κ1) is 11.8. The highest BCUT2D eigenvalue weighted by atomic mass is 16.4. The third-order valence-electron chi connectivity index (χ3n) is 3.16. The van der Waals surface area contributed by atoms with Gasteiger partial charge in [-0.3, -0.25) is 9.78 Å². The van der Waals surface area contributed by atoms with Crippen LogP contribution in [-0.2, 0) is 4.79 Å². The van der Waals surface area contributed by atoms with Gasteiger partial charge in [0.25, 0.3) is 0 Å². The largest absolute Gasteiger partial charge is 0.481 e. The van der Waals surface area contributed by atoms with Gasteiger partial charge in [0.2, 0.25) is 0 Å². The molecule has 0 bridgehead atoms. The van der Waals surface area contributed by atoms with Crippen molar-refractivity contribution in [3.05, 3.63) is 18.1 Å². The number of rotatable bonds is 2. The van der Waals surface area contributed by atoms with Crippen molar-refractivity contribution >= 4 is 11.8 Å². The summed E-state index contributed by atoms with van der Waals surface area (Å²) in [6.07, 6.45) is 4.05. The first-order chi connectivity index (χ1) is 8.08. The summed E-state index contributed by atoms with van der Waals surface area (Å²) < 4.78 is 0. The number of hydrogen-bond donors (Lipinski definition) is 1. The van der Waals surface area contributed by atoms with E-state index in [-0.39, 0.29) is 5.92 Å². The van der Waals surface area contributed by atoms with E-state index in [2.05, 4.69) is 16.9 Å². The lowest BCUT2D eigenvalue weighted by Gasteiger charge is -2.35. The zero-order valence-corrected chi connectivity index (χ0v) is 10.1. The molecule has 1 aliphatic heterocycles. The molecule has 2 atom stereocenters. The quantitative estimate of drug-likeness (QED) is 0.837. The molecular weight excluding hydrogens is 218 g/mol. The second kappa shape index (κ2) is 4.69. The lowest BCUT2D eigenvalue weighted by atomic mass is 9.90. The van der Waals surface area contributed by atoms with E-state index >= 15 is 0 Å². The second-order valence-corrected chi connectivity index (χ2v) is 4.75. The molecule has 1 saturated heterocycles. The average molecular weight is 235 g/mol. The molecule has 5 nitrogen and oxygen atoms in total. The predicted molar refractivity (Wildman–Crippen MR) is 63.9 cm³/mol. The highest BCUT2D eigenvalue weighted by Gasteiger charge is 2.30. The summed E-state index contributed by atoms with van der Waals surface area (Å²) in [5.41, 5.74) is 0.853. The van der Waals surface area contributed by atoms with Crippen LogP contribution in [0.1, 0.15) is 19.0 Å². The van der Waals surface area contributed by atoms with Crippen molar-refractivity contribution < 1.29 is 9.90 Å². The Morgan fingerprint density at radius 2 is 2.12 bits per heavy atom. The minimum absolute atomic E-state index is 0.305. The summed E-state index contributed by atoms with van der Waals surface area (Å²) in [5.74, 6) is 0.153. The van der Waals surface area contributed by atoms with Crippen LogP contribution >= 0.6 is 0 Å². The van der Waals surface area contributed by atoms with Crippen molar-refractivity contribution in [2.75, 3.05) is 18.0 Å². The Labute approximate surface area is 100 Å². The van der Waals surface area contributed by atoms with E-state index in [0.717, 1.165) is 24.5 Å². The molecule has 1 aromatic rings. The van der Waals surface area contributed by atoms with Gasteiger partial charge in [-0.2, -0.15) is 0 Å². The van der Waals surface area contributed by atoms with Crippen molar-refractivity contribution in [1.82, 2.24) is 9.97 Å². The normalized spacial score (nSPS) is 24.7. The lowest BCUT2D eigenvalue weighted by molar-refractivity contribution is -0.142. The van der Waals surface area contributed by atoms with Gasteiger partial charge in [-0.1, -0.05) is 6.92 Å². The monoisotopic (exact) mass is 235 g/mol. The van der Waals surface area contributed by atoms with Crippen LogP contribution in [0.4, 0.5) is 5.82 Å². The Hall–Kier alpha value is -1.65. The summed E-state index contributed by atoms with van der Waals surface area (Å²) in [4.78, 5) is 21.6. The van der Waals surface area contributed by atoms with Crippen LogP contribution in [0, 0.1) is 18.8 Å². The molecule has 0 aromatic carbocycles. The number of aliphatic carboxylic acids is 1. The van der Waals surface area contributed by atoms with Crippen LogP contribution in [0.3, 0.4) is 0 Å². The molecular formula is C12H17N3O2.